The van der Waals surface area contributed by atoms with Crippen molar-refractivity contribution >= 4 is 11.8 Å². The molecule has 1 heterocycles. The summed E-state index contributed by atoms with van der Waals surface area (Å²) >= 11 is 1.37. The maximum Gasteiger partial charge on any atom is 0.210 e. The van der Waals surface area contributed by atoms with Gasteiger partial charge < -0.3 is 5.11 Å². The number of rotatable bonds is 4. The lowest BCUT2D eigenvalue weighted by atomic mass is 10.7. The zero-order valence-corrected chi connectivity index (χ0v) is 7.16. The summed E-state index contributed by atoms with van der Waals surface area (Å²) in [5.41, 5.74) is 0. The minimum atomic E-state index is 0.0225. The van der Waals surface area contributed by atoms with Gasteiger partial charge in [-0.3, -0.25) is 0 Å². The number of hydrogen-bond acceptors (Lipinski definition) is 5. The first-order valence-electron chi connectivity index (χ1n) is 3.31. The summed E-state index contributed by atoms with van der Waals surface area (Å²) < 4.78 is 1.52. The fourth-order valence-corrected chi connectivity index (χ4v) is 1.22. The average Bonchev–Trinajstić information content (AvgIpc) is 2.50. The van der Waals surface area contributed by atoms with E-state index < -0.39 is 0 Å². The molecule has 0 amide bonds. The van der Waals surface area contributed by atoms with Gasteiger partial charge in [0.2, 0.25) is 5.16 Å². The monoisotopic (exact) mass is 184 g/mol. The molecular formula is C6H8N4OS. The van der Waals surface area contributed by atoms with Crippen molar-refractivity contribution in [2.75, 3.05) is 12.4 Å². The lowest BCUT2D eigenvalue weighted by molar-refractivity contribution is 0.262. The summed E-state index contributed by atoms with van der Waals surface area (Å²) in [6, 6.07) is 0. The Labute approximate surface area is 74.2 Å². The first kappa shape index (κ1) is 9.03. The average molecular weight is 184 g/mol. The summed E-state index contributed by atoms with van der Waals surface area (Å²) in [4.78, 5) is 0. The first-order valence-corrected chi connectivity index (χ1v) is 4.30. The van der Waals surface area contributed by atoms with Gasteiger partial charge in [0.05, 0.1) is 18.9 Å². The van der Waals surface area contributed by atoms with E-state index in [2.05, 4.69) is 21.4 Å². The molecule has 1 aromatic rings. The number of aliphatic hydroxyl groups excluding tert-OH is 1. The molecule has 0 aliphatic heterocycles. The molecule has 0 unspecified atom stereocenters. The maximum atomic E-state index is 8.62. The molecule has 0 aliphatic rings. The van der Waals surface area contributed by atoms with Crippen molar-refractivity contribution in [1.82, 2.24) is 20.2 Å². The number of thioether (sulfide) groups is 1. The highest BCUT2D eigenvalue weighted by Crippen LogP contribution is 2.11. The second-order valence-electron chi connectivity index (χ2n) is 1.90. The molecule has 6 heteroatoms. The molecule has 12 heavy (non-hydrogen) atoms. The SMILES string of the molecule is C#CCSc1nnnn1CCO. The molecule has 1 aromatic heterocycles. The van der Waals surface area contributed by atoms with Gasteiger partial charge in [0.1, 0.15) is 0 Å². The first-order chi connectivity index (χ1) is 5.88. The number of terminal acetylenes is 1. The minimum Gasteiger partial charge on any atom is -0.394 e. The molecule has 0 aliphatic carbocycles. The van der Waals surface area contributed by atoms with Crippen LogP contribution in [0.1, 0.15) is 0 Å². The number of hydrogen-bond donors (Lipinski definition) is 1. The second-order valence-corrected chi connectivity index (χ2v) is 2.84. The number of nitrogens with zero attached hydrogens (tertiary/aromatic N) is 4. The van der Waals surface area contributed by atoms with Gasteiger partial charge in [0.25, 0.3) is 0 Å². The van der Waals surface area contributed by atoms with Crippen LogP contribution in [0.15, 0.2) is 5.16 Å². The van der Waals surface area contributed by atoms with Crippen molar-refractivity contribution in [2.45, 2.75) is 11.7 Å². The topological polar surface area (TPSA) is 63.8 Å². The Hall–Kier alpha value is -1.06. The normalized spacial score (nSPS) is 9.67. The third kappa shape index (κ3) is 2.22. The van der Waals surface area contributed by atoms with Crippen LogP contribution in [0.25, 0.3) is 0 Å². The highest BCUT2D eigenvalue weighted by atomic mass is 32.2. The third-order valence-corrected chi connectivity index (χ3v) is 1.96. The van der Waals surface area contributed by atoms with Gasteiger partial charge in [0.15, 0.2) is 0 Å². The van der Waals surface area contributed by atoms with Crippen molar-refractivity contribution in [3.05, 3.63) is 0 Å². The van der Waals surface area contributed by atoms with Crippen molar-refractivity contribution < 1.29 is 5.11 Å². The number of aromatic nitrogens is 4. The van der Waals surface area contributed by atoms with Gasteiger partial charge in [0, 0.05) is 0 Å². The van der Waals surface area contributed by atoms with Gasteiger partial charge >= 0.3 is 0 Å². The fraction of sp³-hybridized carbons (Fsp3) is 0.500. The molecule has 0 atom stereocenters. The van der Waals surface area contributed by atoms with E-state index in [0.29, 0.717) is 17.5 Å². The van der Waals surface area contributed by atoms with E-state index in [1.807, 2.05) is 0 Å². The van der Waals surface area contributed by atoms with E-state index in [-0.39, 0.29) is 6.61 Å². The third-order valence-electron chi connectivity index (χ3n) is 1.10. The molecule has 0 spiro atoms. The fourth-order valence-electron chi connectivity index (χ4n) is 0.641. The molecule has 0 bridgehead atoms. The smallest absolute Gasteiger partial charge is 0.210 e. The molecule has 0 aromatic carbocycles. The molecule has 0 fully saturated rings. The van der Waals surface area contributed by atoms with Crippen LogP contribution in [0.2, 0.25) is 0 Å². The highest BCUT2D eigenvalue weighted by molar-refractivity contribution is 7.99. The van der Waals surface area contributed by atoms with Gasteiger partial charge in [-0.25, -0.2) is 4.68 Å². The lowest BCUT2D eigenvalue weighted by Gasteiger charge is -1.98. The predicted molar refractivity (Wildman–Crippen MR) is 44.5 cm³/mol. The maximum absolute atomic E-state index is 8.62. The van der Waals surface area contributed by atoms with Gasteiger partial charge in [-0.05, 0) is 10.4 Å². The highest BCUT2D eigenvalue weighted by Gasteiger charge is 2.03. The molecular weight excluding hydrogens is 176 g/mol. The predicted octanol–water partition coefficient (Wildman–Crippen LogP) is -0.609. The minimum absolute atomic E-state index is 0.0225. The molecule has 1 rings (SSSR count). The molecule has 0 saturated heterocycles. The number of tetrazole rings is 1. The van der Waals surface area contributed by atoms with Crippen LogP contribution in [0.4, 0.5) is 0 Å². The Morgan fingerprint density at radius 2 is 2.50 bits per heavy atom. The van der Waals surface area contributed by atoms with Crippen molar-refractivity contribution in [3.63, 3.8) is 0 Å². The largest absolute Gasteiger partial charge is 0.394 e. The van der Waals surface area contributed by atoms with Crippen LogP contribution in [-0.4, -0.2) is 37.7 Å². The Bertz CT molecular complexity index is 279. The Balaban J connectivity index is 2.58. The summed E-state index contributed by atoms with van der Waals surface area (Å²) in [7, 11) is 0. The number of aliphatic hydroxyl groups is 1. The summed E-state index contributed by atoms with van der Waals surface area (Å²) in [6.45, 7) is 0.425. The van der Waals surface area contributed by atoms with E-state index in [1.165, 1.54) is 16.4 Å². The van der Waals surface area contributed by atoms with Gasteiger partial charge in [-0.15, -0.1) is 11.5 Å². The van der Waals surface area contributed by atoms with Gasteiger partial charge in [-0.2, -0.15) is 0 Å². The summed E-state index contributed by atoms with van der Waals surface area (Å²) in [6.07, 6.45) is 5.07. The molecule has 64 valence electrons. The molecule has 5 nitrogen and oxygen atoms in total. The Kier molecular flexibility index (Phi) is 3.57. The van der Waals surface area contributed by atoms with E-state index >= 15 is 0 Å². The van der Waals surface area contributed by atoms with E-state index in [0.717, 1.165) is 0 Å². The molecule has 0 radical (unpaired) electrons. The van der Waals surface area contributed by atoms with Crippen LogP contribution < -0.4 is 0 Å². The zero-order valence-electron chi connectivity index (χ0n) is 6.34. The summed E-state index contributed by atoms with van der Waals surface area (Å²) in [5.74, 6) is 3.00. The Morgan fingerprint density at radius 1 is 1.67 bits per heavy atom. The van der Waals surface area contributed by atoms with E-state index in [1.54, 1.807) is 0 Å². The van der Waals surface area contributed by atoms with Crippen LogP contribution in [-0.2, 0) is 6.54 Å². The van der Waals surface area contributed by atoms with Crippen LogP contribution in [0.5, 0.6) is 0 Å². The lowest BCUT2D eigenvalue weighted by Crippen LogP contribution is -2.05. The Morgan fingerprint density at radius 3 is 3.17 bits per heavy atom. The standard InChI is InChI=1S/C6H8N4OS/c1-2-5-12-6-7-8-9-10(6)3-4-11/h1,11H,3-5H2. The van der Waals surface area contributed by atoms with Crippen LogP contribution >= 0.6 is 11.8 Å². The van der Waals surface area contributed by atoms with E-state index in [4.69, 9.17) is 11.5 Å². The van der Waals surface area contributed by atoms with Crippen LogP contribution in [0.3, 0.4) is 0 Å². The summed E-state index contributed by atoms with van der Waals surface area (Å²) in [5, 5.41) is 20.1. The van der Waals surface area contributed by atoms with Crippen LogP contribution in [0, 0.1) is 12.3 Å². The quantitative estimate of drug-likeness (QED) is 0.499. The van der Waals surface area contributed by atoms with Crippen molar-refractivity contribution in [3.8, 4) is 12.3 Å². The van der Waals surface area contributed by atoms with Crippen molar-refractivity contribution in [1.29, 1.82) is 0 Å². The van der Waals surface area contributed by atoms with Gasteiger partial charge in [-0.1, -0.05) is 17.7 Å². The molecule has 0 saturated carbocycles. The van der Waals surface area contributed by atoms with E-state index in [9.17, 15) is 0 Å². The zero-order chi connectivity index (χ0) is 8.81. The molecule has 1 N–H and O–H groups in total. The van der Waals surface area contributed by atoms with Crippen molar-refractivity contribution in [2.24, 2.45) is 0 Å². The second kappa shape index (κ2) is 4.74.